The van der Waals surface area contributed by atoms with E-state index in [1.165, 1.54) is 12.1 Å². The van der Waals surface area contributed by atoms with Crippen molar-refractivity contribution in [1.29, 1.82) is 0 Å². The summed E-state index contributed by atoms with van der Waals surface area (Å²) < 4.78 is 72.7. The molecule has 17 heavy (non-hydrogen) atoms. The fourth-order valence-electron chi connectivity index (χ4n) is 0.962. The van der Waals surface area contributed by atoms with Gasteiger partial charge < -0.3 is 0 Å². The largest absolute Gasteiger partial charge is 0.438 e. The molecule has 0 aliphatic heterocycles. The Morgan fingerprint density at radius 2 is 1.53 bits per heavy atom. The summed E-state index contributed by atoms with van der Waals surface area (Å²) in [5, 5.41) is -0.00468. The molecule has 0 aliphatic rings. The van der Waals surface area contributed by atoms with Gasteiger partial charge in [0.05, 0.1) is 5.69 Å². The van der Waals surface area contributed by atoms with Crippen LogP contribution in [0, 0.1) is 0 Å². The number of alkyl halides is 6. The van der Waals surface area contributed by atoms with Crippen molar-refractivity contribution in [2.24, 2.45) is 4.99 Å². The van der Waals surface area contributed by atoms with Crippen molar-refractivity contribution in [1.82, 2.24) is 0 Å². The van der Waals surface area contributed by atoms with Crippen LogP contribution in [0.4, 0.5) is 32.0 Å². The minimum atomic E-state index is -5.57. The van der Waals surface area contributed by atoms with E-state index in [1.807, 2.05) is 0 Å². The second kappa shape index (κ2) is 4.56. The van der Waals surface area contributed by atoms with Crippen LogP contribution >= 0.6 is 11.6 Å². The van der Waals surface area contributed by atoms with E-state index in [0.29, 0.717) is 0 Å². The van der Waals surface area contributed by atoms with Crippen molar-refractivity contribution < 1.29 is 26.3 Å². The van der Waals surface area contributed by atoms with E-state index in [-0.39, 0.29) is 5.02 Å². The molecule has 0 aliphatic carbocycles. The van der Waals surface area contributed by atoms with Gasteiger partial charge in [-0.15, -0.1) is 0 Å². The van der Waals surface area contributed by atoms with E-state index in [1.54, 1.807) is 0 Å². The lowest BCUT2D eigenvalue weighted by Crippen LogP contribution is -2.36. The highest BCUT2D eigenvalue weighted by molar-refractivity contribution is 6.30. The van der Waals surface area contributed by atoms with Crippen molar-refractivity contribution in [3.8, 4) is 0 Å². The summed E-state index contributed by atoms with van der Waals surface area (Å²) in [5.41, 5.74) is -3.32. The summed E-state index contributed by atoms with van der Waals surface area (Å²) >= 11 is 5.43. The lowest BCUT2D eigenvalue weighted by Gasteiger charge is -2.13. The second-order valence-electron chi connectivity index (χ2n) is 2.94. The molecule has 0 bridgehead atoms. The third-order valence-corrected chi connectivity index (χ3v) is 1.82. The number of rotatable bonds is 1. The molecule has 1 aromatic carbocycles. The van der Waals surface area contributed by atoms with Gasteiger partial charge in [-0.2, -0.15) is 26.3 Å². The van der Waals surface area contributed by atoms with Gasteiger partial charge in [0.25, 0.3) is 0 Å². The Balaban J connectivity index is 3.25. The van der Waals surface area contributed by atoms with Crippen molar-refractivity contribution in [2.75, 3.05) is 0 Å². The zero-order valence-electron chi connectivity index (χ0n) is 7.90. The average molecular weight is 276 g/mol. The van der Waals surface area contributed by atoms with Crippen LogP contribution in [0.5, 0.6) is 0 Å². The summed E-state index contributed by atoms with van der Waals surface area (Å²) in [6.45, 7) is 0. The van der Waals surface area contributed by atoms with E-state index < -0.39 is 23.8 Å². The quantitative estimate of drug-likeness (QED) is 0.527. The van der Waals surface area contributed by atoms with Crippen molar-refractivity contribution in [3.63, 3.8) is 0 Å². The van der Waals surface area contributed by atoms with E-state index in [9.17, 15) is 26.3 Å². The fourth-order valence-corrected chi connectivity index (χ4v) is 1.15. The van der Waals surface area contributed by atoms with E-state index in [4.69, 9.17) is 11.6 Å². The van der Waals surface area contributed by atoms with Crippen LogP contribution in [0.2, 0.25) is 5.02 Å². The summed E-state index contributed by atoms with van der Waals surface area (Å²) in [5.74, 6) is 0. The maximum atomic E-state index is 12.1. The predicted molar refractivity (Wildman–Crippen MR) is 50.7 cm³/mol. The molecule has 0 spiro atoms. The van der Waals surface area contributed by atoms with Crippen LogP contribution in [-0.4, -0.2) is 18.1 Å². The Bertz CT molecular complexity index is 418. The summed E-state index contributed by atoms with van der Waals surface area (Å²) in [6.07, 6.45) is -11.1. The van der Waals surface area contributed by atoms with Gasteiger partial charge >= 0.3 is 12.4 Å². The first-order valence-corrected chi connectivity index (χ1v) is 4.47. The number of aliphatic imine (C=N–C) groups is 1. The van der Waals surface area contributed by atoms with Gasteiger partial charge in [-0.05, 0) is 18.2 Å². The first kappa shape index (κ1) is 13.8. The molecule has 0 heterocycles. The third-order valence-electron chi connectivity index (χ3n) is 1.59. The number of nitrogens with zero attached hydrogens (tertiary/aromatic N) is 1. The molecule has 0 unspecified atom stereocenters. The number of halogens is 7. The number of hydrogen-bond acceptors (Lipinski definition) is 1. The molecule has 0 saturated carbocycles. The second-order valence-corrected chi connectivity index (χ2v) is 3.37. The Morgan fingerprint density at radius 3 is 1.94 bits per heavy atom. The Kier molecular flexibility index (Phi) is 3.71. The summed E-state index contributed by atoms with van der Waals surface area (Å²) in [7, 11) is 0. The van der Waals surface area contributed by atoms with Crippen molar-refractivity contribution >= 4 is 23.0 Å². The highest BCUT2D eigenvalue weighted by Crippen LogP contribution is 2.32. The van der Waals surface area contributed by atoms with Gasteiger partial charge in [-0.1, -0.05) is 17.7 Å². The van der Waals surface area contributed by atoms with Crippen LogP contribution in [0.15, 0.2) is 29.3 Å². The maximum absolute atomic E-state index is 12.1. The molecule has 0 N–H and O–H groups in total. The molecule has 1 rings (SSSR count). The zero-order chi connectivity index (χ0) is 13.3. The Morgan fingerprint density at radius 1 is 1.00 bits per heavy atom. The molecule has 0 fully saturated rings. The lowest BCUT2D eigenvalue weighted by molar-refractivity contribution is -0.117. The monoisotopic (exact) mass is 275 g/mol. The van der Waals surface area contributed by atoms with Gasteiger partial charge in [-0.25, -0.2) is 4.99 Å². The topological polar surface area (TPSA) is 12.4 Å². The molecule has 1 aromatic rings. The van der Waals surface area contributed by atoms with E-state index >= 15 is 0 Å². The number of benzene rings is 1. The molecular formula is C9H4ClF6N. The Labute approximate surface area is 96.7 Å². The molecule has 94 valence electrons. The first-order chi connectivity index (χ1) is 7.60. The minimum absolute atomic E-state index is 0.00468. The van der Waals surface area contributed by atoms with Gasteiger partial charge in [-0.3, -0.25) is 0 Å². The zero-order valence-corrected chi connectivity index (χ0v) is 8.66. The van der Waals surface area contributed by atoms with Crippen LogP contribution in [-0.2, 0) is 0 Å². The summed E-state index contributed by atoms with van der Waals surface area (Å²) in [6, 6.07) is 4.40. The standard InChI is InChI=1S/C9H4ClF6N/c10-5-2-1-3-6(4-5)17-7(8(11,12)13)9(14,15)16/h1-4H. The molecular weight excluding hydrogens is 272 g/mol. The van der Waals surface area contributed by atoms with Crippen molar-refractivity contribution in [2.45, 2.75) is 12.4 Å². The summed E-state index contributed by atoms with van der Waals surface area (Å²) in [4.78, 5) is 2.54. The first-order valence-electron chi connectivity index (χ1n) is 4.09. The maximum Gasteiger partial charge on any atom is 0.438 e. The molecule has 0 atom stereocenters. The average Bonchev–Trinajstić information content (AvgIpc) is 2.10. The molecule has 0 radical (unpaired) electrons. The van der Waals surface area contributed by atoms with Gasteiger partial charge in [0.1, 0.15) is 0 Å². The minimum Gasteiger partial charge on any atom is -0.240 e. The molecule has 0 aromatic heterocycles. The van der Waals surface area contributed by atoms with Crippen LogP contribution in [0.3, 0.4) is 0 Å². The predicted octanol–water partition coefficient (Wildman–Crippen LogP) is 4.54. The van der Waals surface area contributed by atoms with Crippen LogP contribution < -0.4 is 0 Å². The molecule has 1 nitrogen and oxygen atoms in total. The van der Waals surface area contributed by atoms with E-state index in [2.05, 4.69) is 4.99 Å². The molecule has 8 heteroatoms. The molecule has 0 amide bonds. The fraction of sp³-hybridized carbons (Fsp3) is 0.222. The van der Waals surface area contributed by atoms with Crippen molar-refractivity contribution in [3.05, 3.63) is 29.3 Å². The van der Waals surface area contributed by atoms with Gasteiger partial charge in [0.2, 0.25) is 5.71 Å². The normalized spacial score (nSPS) is 12.4. The van der Waals surface area contributed by atoms with E-state index in [0.717, 1.165) is 12.1 Å². The Hall–Kier alpha value is -1.24. The number of hydrogen-bond donors (Lipinski definition) is 0. The van der Waals surface area contributed by atoms with Gasteiger partial charge in [0.15, 0.2) is 0 Å². The molecule has 0 saturated heterocycles. The third kappa shape index (κ3) is 3.92. The SMILES string of the molecule is FC(F)(F)C(=Nc1cccc(Cl)c1)C(F)(F)F. The van der Waals surface area contributed by atoms with Gasteiger partial charge in [0, 0.05) is 5.02 Å². The highest BCUT2D eigenvalue weighted by Gasteiger charge is 2.53. The van der Waals surface area contributed by atoms with Crippen LogP contribution in [0.1, 0.15) is 0 Å². The van der Waals surface area contributed by atoms with Crippen LogP contribution in [0.25, 0.3) is 0 Å². The lowest BCUT2D eigenvalue weighted by atomic mass is 10.3. The smallest absolute Gasteiger partial charge is 0.240 e. The highest BCUT2D eigenvalue weighted by atomic mass is 35.5.